The van der Waals surface area contributed by atoms with Crippen molar-refractivity contribution < 1.29 is 13.7 Å². The second kappa shape index (κ2) is 5.96. The van der Waals surface area contributed by atoms with Crippen molar-refractivity contribution in [2.45, 2.75) is 19.4 Å². The van der Waals surface area contributed by atoms with E-state index in [9.17, 15) is 18.9 Å². The maximum absolute atomic E-state index is 13.5. The van der Waals surface area contributed by atoms with Crippen molar-refractivity contribution in [1.29, 1.82) is 0 Å². The monoisotopic (exact) mass is 298 g/mol. The normalized spacial score (nSPS) is 12.2. The molecule has 0 bridgehead atoms. The molecule has 2 rings (SSSR count). The van der Waals surface area contributed by atoms with E-state index < -0.39 is 22.2 Å². The standard InChI is InChI=1S/C13H12F2N2O2S/c1-8(5-10-3-2-4-20-10)16-12-7-9(14)6-11(15)13(12)17(18)19/h2-4,6-8,16H,5H2,1H3. The minimum atomic E-state index is -1.18. The van der Waals surface area contributed by atoms with Gasteiger partial charge in [0, 0.05) is 29.5 Å². The predicted octanol–water partition coefficient (Wildman–Crippen LogP) is 3.98. The van der Waals surface area contributed by atoms with Gasteiger partial charge in [0.05, 0.1) is 4.92 Å². The number of hydrogen-bond donors (Lipinski definition) is 1. The number of nitro benzene ring substituents is 1. The highest BCUT2D eigenvalue weighted by atomic mass is 32.1. The number of rotatable bonds is 5. The summed E-state index contributed by atoms with van der Waals surface area (Å²) in [5, 5.41) is 15.6. The van der Waals surface area contributed by atoms with Crippen LogP contribution < -0.4 is 5.32 Å². The number of thiophene rings is 1. The van der Waals surface area contributed by atoms with Gasteiger partial charge in [0.2, 0.25) is 5.82 Å². The van der Waals surface area contributed by atoms with Crippen molar-refractivity contribution >= 4 is 22.7 Å². The van der Waals surface area contributed by atoms with Crippen molar-refractivity contribution in [3.05, 3.63) is 56.3 Å². The lowest BCUT2D eigenvalue weighted by Crippen LogP contribution is -2.18. The lowest BCUT2D eigenvalue weighted by atomic mass is 10.1. The molecule has 0 saturated carbocycles. The van der Waals surface area contributed by atoms with Crippen LogP contribution in [0.3, 0.4) is 0 Å². The quantitative estimate of drug-likeness (QED) is 0.671. The fourth-order valence-corrected chi connectivity index (χ4v) is 2.74. The Morgan fingerprint density at radius 2 is 2.20 bits per heavy atom. The molecule has 1 heterocycles. The number of nitrogens with one attached hydrogen (secondary N) is 1. The SMILES string of the molecule is CC(Cc1cccs1)Nc1cc(F)cc(F)c1[N+](=O)[O-]. The van der Waals surface area contributed by atoms with E-state index >= 15 is 0 Å². The minimum absolute atomic E-state index is 0.142. The van der Waals surface area contributed by atoms with Crippen molar-refractivity contribution in [3.63, 3.8) is 0 Å². The molecule has 1 N–H and O–H groups in total. The average molecular weight is 298 g/mol. The van der Waals surface area contributed by atoms with Gasteiger partial charge in [-0.25, -0.2) is 4.39 Å². The lowest BCUT2D eigenvalue weighted by Gasteiger charge is -2.14. The Kier molecular flexibility index (Phi) is 4.29. The van der Waals surface area contributed by atoms with Crippen LogP contribution in [0.1, 0.15) is 11.8 Å². The summed E-state index contributed by atoms with van der Waals surface area (Å²) in [6.45, 7) is 1.80. The minimum Gasteiger partial charge on any atom is -0.376 e. The summed E-state index contributed by atoms with van der Waals surface area (Å²) < 4.78 is 26.7. The van der Waals surface area contributed by atoms with Gasteiger partial charge in [-0.05, 0) is 18.4 Å². The van der Waals surface area contributed by atoms with Gasteiger partial charge in [-0.15, -0.1) is 11.3 Å². The second-order valence-electron chi connectivity index (χ2n) is 4.37. The van der Waals surface area contributed by atoms with Crippen molar-refractivity contribution in [3.8, 4) is 0 Å². The first-order chi connectivity index (χ1) is 9.47. The van der Waals surface area contributed by atoms with Gasteiger partial charge in [-0.2, -0.15) is 4.39 Å². The zero-order chi connectivity index (χ0) is 14.7. The van der Waals surface area contributed by atoms with Crippen LogP contribution in [0.5, 0.6) is 0 Å². The Bertz CT molecular complexity index is 617. The summed E-state index contributed by atoms with van der Waals surface area (Å²) >= 11 is 1.56. The summed E-state index contributed by atoms with van der Waals surface area (Å²) in [5.74, 6) is -2.03. The number of nitrogens with zero attached hydrogens (tertiary/aromatic N) is 1. The molecule has 0 saturated heterocycles. The molecule has 0 aliphatic rings. The van der Waals surface area contributed by atoms with Crippen molar-refractivity contribution in [2.75, 3.05) is 5.32 Å². The Labute approximate surface area is 118 Å². The van der Waals surface area contributed by atoms with Gasteiger partial charge in [0.15, 0.2) is 0 Å². The van der Waals surface area contributed by atoms with Crippen LogP contribution in [-0.2, 0) is 6.42 Å². The van der Waals surface area contributed by atoms with E-state index in [1.54, 1.807) is 18.3 Å². The Morgan fingerprint density at radius 1 is 1.45 bits per heavy atom. The zero-order valence-corrected chi connectivity index (χ0v) is 11.4. The summed E-state index contributed by atoms with van der Waals surface area (Å²) in [5.41, 5.74) is -0.874. The maximum atomic E-state index is 13.5. The van der Waals surface area contributed by atoms with E-state index in [1.807, 2.05) is 17.5 Å². The van der Waals surface area contributed by atoms with Crippen molar-refractivity contribution in [2.24, 2.45) is 0 Å². The van der Waals surface area contributed by atoms with E-state index in [1.165, 1.54) is 0 Å². The number of nitro groups is 1. The molecule has 0 aliphatic carbocycles. The summed E-state index contributed by atoms with van der Waals surface area (Å²) in [6.07, 6.45) is 0.618. The zero-order valence-electron chi connectivity index (χ0n) is 10.6. The average Bonchev–Trinajstić information content (AvgIpc) is 2.79. The highest BCUT2D eigenvalue weighted by Gasteiger charge is 2.23. The fraction of sp³-hybridized carbons (Fsp3) is 0.231. The lowest BCUT2D eigenvalue weighted by molar-refractivity contribution is -0.386. The number of halogens is 2. The first kappa shape index (κ1) is 14.4. The molecular formula is C13H12F2N2O2S. The first-order valence-electron chi connectivity index (χ1n) is 5.89. The third-order valence-electron chi connectivity index (χ3n) is 2.70. The molecule has 1 aromatic heterocycles. The van der Waals surface area contributed by atoms with E-state index in [-0.39, 0.29) is 11.7 Å². The topological polar surface area (TPSA) is 55.2 Å². The Morgan fingerprint density at radius 3 is 2.80 bits per heavy atom. The van der Waals surface area contributed by atoms with Crippen LogP contribution in [0.25, 0.3) is 0 Å². The summed E-state index contributed by atoms with van der Waals surface area (Å²) in [7, 11) is 0. The van der Waals surface area contributed by atoms with Gasteiger partial charge in [-0.3, -0.25) is 10.1 Å². The number of hydrogen-bond acceptors (Lipinski definition) is 4. The molecular weight excluding hydrogens is 286 g/mol. The summed E-state index contributed by atoms with van der Waals surface area (Å²) in [6, 6.07) is 5.09. The van der Waals surface area contributed by atoms with Crippen LogP contribution in [-0.4, -0.2) is 11.0 Å². The third kappa shape index (κ3) is 3.30. The molecule has 1 unspecified atom stereocenters. The smallest absolute Gasteiger partial charge is 0.327 e. The van der Waals surface area contributed by atoms with E-state index in [0.717, 1.165) is 10.9 Å². The highest BCUT2D eigenvalue weighted by molar-refractivity contribution is 7.09. The van der Waals surface area contributed by atoms with E-state index in [0.29, 0.717) is 12.5 Å². The number of anilines is 1. The van der Waals surface area contributed by atoms with Gasteiger partial charge in [-0.1, -0.05) is 6.07 Å². The van der Waals surface area contributed by atoms with Crippen LogP contribution in [0.2, 0.25) is 0 Å². The van der Waals surface area contributed by atoms with Crippen LogP contribution in [0.4, 0.5) is 20.2 Å². The van der Waals surface area contributed by atoms with E-state index in [4.69, 9.17) is 0 Å². The molecule has 0 amide bonds. The van der Waals surface area contributed by atoms with Gasteiger partial charge in [0.1, 0.15) is 11.5 Å². The molecule has 20 heavy (non-hydrogen) atoms. The fourth-order valence-electron chi connectivity index (χ4n) is 1.91. The second-order valence-corrected chi connectivity index (χ2v) is 5.40. The molecule has 2 aromatic rings. The van der Waals surface area contributed by atoms with Crippen LogP contribution >= 0.6 is 11.3 Å². The molecule has 0 fully saturated rings. The molecule has 0 spiro atoms. The van der Waals surface area contributed by atoms with Gasteiger partial charge < -0.3 is 5.32 Å². The molecule has 106 valence electrons. The molecule has 7 heteroatoms. The van der Waals surface area contributed by atoms with E-state index in [2.05, 4.69) is 5.32 Å². The molecule has 1 atom stereocenters. The predicted molar refractivity (Wildman–Crippen MR) is 74.1 cm³/mol. The first-order valence-corrected chi connectivity index (χ1v) is 6.77. The number of benzene rings is 1. The highest BCUT2D eigenvalue weighted by Crippen LogP contribution is 2.29. The molecule has 0 radical (unpaired) electrons. The molecule has 0 aliphatic heterocycles. The molecule has 1 aromatic carbocycles. The Balaban J connectivity index is 2.21. The largest absolute Gasteiger partial charge is 0.376 e. The van der Waals surface area contributed by atoms with Crippen molar-refractivity contribution in [1.82, 2.24) is 0 Å². The Hall–Kier alpha value is -2.02. The maximum Gasteiger partial charge on any atom is 0.327 e. The van der Waals surface area contributed by atoms with Gasteiger partial charge >= 0.3 is 5.69 Å². The summed E-state index contributed by atoms with van der Waals surface area (Å²) in [4.78, 5) is 11.1. The third-order valence-corrected chi connectivity index (χ3v) is 3.60. The van der Waals surface area contributed by atoms with Crippen LogP contribution in [0.15, 0.2) is 29.6 Å². The van der Waals surface area contributed by atoms with Gasteiger partial charge in [0.25, 0.3) is 0 Å². The van der Waals surface area contributed by atoms with Crippen LogP contribution in [0, 0.1) is 21.7 Å². The molecule has 4 nitrogen and oxygen atoms in total.